The summed E-state index contributed by atoms with van der Waals surface area (Å²) in [5.74, 6) is -0.827. The normalized spacial score (nSPS) is 10.8. The van der Waals surface area contributed by atoms with Crippen molar-refractivity contribution in [2.24, 2.45) is 0 Å². The summed E-state index contributed by atoms with van der Waals surface area (Å²) in [4.78, 5) is 15.3. The summed E-state index contributed by atoms with van der Waals surface area (Å²) in [7, 11) is 0. The molecular weight excluding hydrogens is 278 g/mol. The van der Waals surface area contributed by atoms with E-state index in [-0.39, 0.29) is 11.5 Å². The Morgan fingerprint density at radius 2 is 1.95 bits per heavy atom. The summed E-state index contributed by atoms with van der Waals surface area (Å²) in [5.41, 5.74) is 0.606. The van der Waals surface area contributed by atoms with Crippen molar-refractivity contribution in [1.29, 1.82) is 0 Å². The summed E-state index contributed by atoms with van der Waals surface area (Å²) in [6, 6.07) is 3.63. The number of fused-ring (bicyclic) bond motifs is 1. The van der Waals surface area contributed by atoms with Crippen LogP contribution >= 0.6 is 0 Å². The second kappa shape index (κ2) is 5.31. The molecule has 0 fully saturated rings. The highest BCUT2D eigenvalue weighted by Gasteiger charge is 2.14. The van der Waals surface area contributed by atoms with Crippen LogP contribution in [0.5, 0.6) is 0 Å². The van der Waals surface area contributed by atoms with Crippen molar-refractivity contribution in [3.63, 3.8) is 0 Å². The van der Waals surface area contributed by atoms with Gasteiger partial charge in [0.15, 0.2) is 11.5 Å². The van der Waals surface area contributed by atoms with Gasteiger partial charge >= 0.3 is 0 Å². The molecule has 108 valence electrons. The topological polar surface area (TPSA) is 78.5 Å². The van der Waals surface area contributed by atoms with Gasteiger partial charge in [0.1, 0.15) is 22.8 Å². The first kappa shape index (κ1) is 13.2. The third-order valence-electron chi connectivity index (χ3n) is 2.83. The Kier molecular flexibility index (Phi) is 3.35. The average molecular weight is 290 g/mol. The third-order valence-corrected chi connectivity index (χ3v) is 2.83. The van der Waals surface area contributed by atoms with Gasteiger partial charge in [0, 0.05) is 6.54 Å². The van der Waals surface area contributed by atoms with Gasteiger partial charge in [0.25, 0.3) is 0 Å². The lowest BCUT2D eigenvalue weighted by Gasteiger charge is -2.10. The molecule has 3 rings (SSSR count). The smallest absolute Gasteiger partial charge is 0.226 e. The number of nitrogens with one attached hydrogen (secondary N) is 3. The zero-order valence-electron chi connectivity index (χ0n) is 11.1. The Labute approximate surface area is 118 Å². The van der Waals surface area contributed by atoms with Gasteiger partial charge in [-0.25, -0.2) is 13.8 Å². The molecule has 0 amide bonds. The minimum Gasteiger partial charge on any atom is -0.354 e. The lowest BCUT2D eigenvalue weighted by Crippen LogP contribution is -2.06. The highest BCUT2D eigenvalue weighted by atomic mass is 19.1. The second-order valence-corrected chi connectivity index (χ2v) is 4.25. The van der Waals surface area contributed by atoms with Crippen LogP contribution in [0.1, 0.15) is 6.92 Å². The largest absolute Gasteiger partial charge is 0.354 e. The molecule has 0 bridgehead atoms. The van der Waals surface area contributed by atoms with Gasteiger partial charge < -0.3 is 15.6 Å². The van der Waals surface area contributed by atoms with Gasteiger partial charge in [0.2, 0.25) is 5.95 Å². The van der Waals surface area contributed by atoms with E-state index in [1.165, 1.54) is 24.5 Å². The van der Waals surface area contributed by atoms with Crippen molar-refractivity contribution in [2.45, 2.75) is 6.92 Å². The number of nitrogens with zero attached hydrogens (tertiary/aromatic N) is 3. The third kappa shape index (κ3) is 2.47. The summed E-state index contributed by atoms with van der Waals surface area (Å²) in [6.45, 7) is 2.51. The molecule has 0 aliphatic heterocycles. The molecule has 0 atom stereocenters. The zero-order valence-corrected chi connectivity index (χ0v) is 11.1. The number of rotatable bonds is 4. The van der Waals surface area contributed by atoms with Crippen LogP contribution in [0.25, 0.3) is 11.2 Å². The van der Waals surface area contributed by atoms with Gasteiger partial charge in [-0.2, -0.15) is 9.97 Å². The fourth-order valence-electron chi connectivity index (χ4n) is 1.90. The SMILES string of the molecule is CCNc1nc(Nc2c(F)cccc2F)c2[nH]cnc2n1. The van der Waals surface area contributed by atoms with Crippen LogP contribution < -0.4 is 10.6 Å². The van der Waals surface area contributed by atoms with E-state index in [4.69, 9.17) is 0 Å². The molecule has 8 heteroatoms. The first-order valence-corrected chi connectivity index (χ1v) is 6.35. The molecule has 0 aliphatic rings. The highest BCUT2D eigenvalue weighted by molar-refractivity contribution is 5.86. The number of benzene rings is 1. The van der Waals surface area contributed by atoms with E-state index in [0.29, 0.717) is 23.7 Å². The molecule has 3 N–H and O–H groups in total. The van der Waals surface area contributed by atoms with Crippen molar-refractivity contribution < 1.29 is 8.78 Å². The van der Waals surface area contributed by atoms with Gasteiger partial charge in [-0.05, 0) is 19.1 Å². The van der Waals surface area contributed by atoms with E-state index in [0.717, 1.165) is 0 Å². The lowest BCUT2D eigenvalue weighted by molar-refractivity contribution is 0.590. The maximum atomic E-state index is 13.7. The summed E-state index contributed by atoms with van der Waals surface area (Å²) >= 11 is 0. The zero-order chi connectivity index (χ0) is 14.8. The lowest BCUT2D eigenvalue weighted by atomic mass is 10.3. The Balaban J connectivity index is 2.09. The van der Waals surface area contributed by atoms with E-state index in [2.05, 4.69) is 30.6 Å². The number of anilines is 3. The molecule has 0 spiro atoms. The fourth-order valence-corrected chi connectivity index (χ4v) is 1.90. The van der Waals surface area contributed by atoms with Crippen LogP contribution in [0.15, 0.2) is 24.5 Å². The number of hydrogen-bond donors (Lipinski definition) is 3. The summed E-state index contributed by atoms with van der Waals surface area (Å²) in [6.07, 6.45) is 1.44. The highest BCUT2D eigenvalue weighted by Crippen LogP contribution is 2.26. The summed E-state index contributed by atoms with van der Waals surface area (Å²) < 4.78 is 27.4. The molecule has 0 unspecified atom stereocenters. The Bertz CT molecular complexity index is 765. The number of para-hydroxylation sites is 1. The molecule has 0 saturated heterocycles. The number of H-pyrrole nitrogens is 1. The number of hydrogen-bond acceptors (Lipinski definition) is 5. The van der Waals surface area contributed by atoms with Crippen molar-refractivity contribution in [3.8, 4) is 0 Å². The number of aromatic amines is 1. The molecule has 2 heterocycles. The predicted molar refractivity (Wildman–Crippen MR) is 75.5 cm³/mol. The Morgan fingerprint density at radius 1 is 1.19 bits per heavy atom. The van der Waals surface area contributed by atoms with Crippen LogP contribution in [0.4, 0.5) is 26.2 Å². The van der Waals surface area contributed by atoms with Crippen LogP contribution in [-0.2, 0) is 0 Å². The molecule has 0 radical (unpaired) electrons. The van der Waals surface area contributed by atoms with Gasteiger partial charge in [-0.3, -0.25) is 0 Å². The van der Waals surface area contributed by atoms with Gasteiger partial charge in [-0.15, -0.1) is 0 Å². The van der Waals surface area contributed by atoms with Crippen LogP contribution in [0.3, 0.4) is 0 Å². The van der Waals surface area contributed by atoms with Crippen molar-refractivity contribution >= 4 is 28.6 Å². The minimum atomic E-state index is -0.703. The summed E-state index contributed by atoms with van der Waals surface area (Å²) in [5, 5.41) is 5.60. The van der Waals surface area contributed by atoms with Crippen LogP contribution in [0.2, 0.25) is 0 Å². The minimum absolute atomic E-state index is 0.248. The first-order chi connectivity index (χ1) is 10.2. The maximum absolute atomic E-state index is 13.7. The molecule has 0 aliphatic carbocycles. The number of imidazole rings is 1. The van der Waals surface area contributed by atoms with E-state index in [1.54, 1.807) is 0 Å². The molecule has 1 aromatic carbocycles. The number of halogens is 2. The molecule has 2 aromatic heterocycles. The molecule has 6 nitrogen and oxygen atoms in total. The van der Waals surface area contributed by atoms with E-state index in [9.17, 15) is 8.78 Å². The quantitative estimate of drug-likeness (QED) is 0.688. The molecular formula is C13H12F2N6. The van der Waals surface area contributed by atoms with Crippen molar-refractivity contribution in [2.75, 3.05) is 17.2 Å². The molecule has 21 heavy (non-hydrogen) atoms. The van der Waals surface area contributed by atoms with E-state index in [1.807, 2.05) is 6.92 Å². The van der Waals surface area contributed by atoms with Crippen molar-refractivity contribution in [1.82, 2.24) is 19.9 Å². The molecule has 0 saturated carbocycles. The van der Waals surface area contributed by atoms with Crippen LogP contribution in [-0.4, -0.2) is 26.5 Å². The predicted octanol–water partition coefficient (Wildman–Crippen LogP) is 2.81. The standard InChI is InChI=1S/C13H12F2N6/c1-2-16-13-20-11-10(17-6-18-11)12(21-13)19-9-7(14)4-3-5-8(9)15/h3-6H,2H2,1H3,(H3,16,17,18,19,20,21). The Morgan fingerprint density at radius 3 is 2.67 bits per heavy atom. The first-order valence-electron chi connectivity index (χ1n) is 6.35. The average Bonchev–Trinajstić information content (AvgIpc) is 2.92. The van der Waals surface area contributed by atoms with Crippen molar-refractivity contribution in [3.05, 3.63) is 36.2 Å². The molecule has 3 aromatic rings. The number of aromatic nitrogens is 4. The van der Waals surface area contributed by atoms with E-state index >= 15 is 0 Å². The second-order valence-electron chi connectivity index (χ2n) is 4.25. The van der Waals surface area contributed by atoms with Gasteiger partial charge in [-0.1, -0.05) is 6.07 Å². The Hall–Kier alpha value is -2.77. The fraction of sp³-hybridized carbons (Fsp3) is 0.154. The van der Waals surface area contributed by atoms with Gasteiger partial charge in [0.05, 0.1) is 6.33 Å². The monoisotopic (exact) mass is 290 g/mol. The van der Waals surface area contributed by atoms with E-state index < -0.39 is 11.6 Å². The maximum Gasteiger partial charge on any atom is 0.226 e. The van der Waals surface area contributed by atoms with Crippen LogP contribution in [0, 0.1) is 11.6 Å².